The zero-order valence-corrected chi connectivity index (χ0v) is 18.6. The summed E-state index contributed by atoms with van der Waals surface area (Å²) in [4.78, 5) is 18.8. The SMILES string of the molecule is CN(C)CCNC1CC(c2ccc(C(F)(F)F)cc2)Cc2[nH]c3ccc(Cl)cc3c(=O)c21. The molecule has 1 heterocycles. The van der Waals surface area contributed by atoms with Crippen molar-refractivity contribution in [3.8, 4) is 0 Å². The maximum Gasteiger partial charge on any atom is 0.416 e. The molecule has 0 saturated heterocycles. The van der Waals surface area contributed by atoms with E-state index in [0.29, 0.717) is 40.9 Å². The molecule has 0 spiro atoms. The minimum absolute atomic E-state index is 0.0120. The number of aromatic amines is 1. The molecule has 3 aromatic rings. The first-order valence-electron chi connectivity index (χ1n) is 10.5. The summed E-state index contributed by atoms with van der Waals surface area (Å²) in [6.07, 6.45) is -3.18. The Morgan fingerprint density at radius 3 is 2.53 bits per heavy atom. The summed E-state index contributed by atoms with van der Waals surface area (Å²) in [5.74, 6) is -0.0120. The van der Waals surface area contributed by atoms with Gasteiger partial charge in [-0.1, -0.05) is 23.7 Å². The third-order valence-corrected chi connectivity index (χ3v) is 6.30. The first kappa shape index (κ1) is 22.8. The fraction of sp³-hybridized carbons (Fsp3) is 0.375. The second-order valence-electron chi connectivity index (χ2n) is 8.60. The van der Waals surface area contributed by atoms with Crippen molar-refractivity contribution in [1.82, 2.24) is 15.2 Å². The lowest BCUT2D eigenvalue weighted by molar-refractivity contribution is -0.137. The summed E-state index contributed by atoms with van der Waals surface area (Å²) in [6.45, 7) is 1.48. The molecule has 8 heteroatoms. The Balaban J connectivity index is 1.73. The minimum atomic E-state index is -4.36. The number of alkyl halides is 3. The monoisotopic (exact) mass is 463 g/mol. The van der Waals surface area contributed by atoms with Crippen LogP contribution < -0.4 is 10.7 Å². The van der Waals surface area contributed by atoms with Gasteiger partial charge in [0.05, 0.1) is 5.56 Å². The maximum atomic E-state index is 13.4. The van der Waals surface area contributed by atoms with Crippen LogP contribution in [0.3, 0.4) is 0 Å². The number of hydrogen-bond acceptors (Lipinski definition) is 3. The minimum Gasteiger partial charge on any atom is -0.358 e. The van der Waals surface area contributed by atoms with E-state index in [0.717, 1.165) is 29.9 Å². The van der Waals surface area contributed by atoms with Gasteiger partial charge in [-0.05, 0) is 68.8 Å². The summed E-state index contributed by atoms with van der Waals surface area (Å²) < 4.78 is 39.0. The van der Waals surface area contributed by atoms with E-state index >= 15 is 0 Å². The molecular formula is C24H25ClF3N3O. The van der Waals surface area contributed by atoms with Gasteiger partial charge in [0.2, 0.25) is 0 Å². The van der Waals surface area contributed by atoms with Gasteiger partial charge in [0.25, 0.3) is 0 Å². The smallest absolute Gasteiger partial charge is 0.358 e. The molecule has 2 aromatic carbocycles. The second kappa shape index (κ2) is 8.89. The van der Waals surface area contributed by atoms with E-state index in [1.807, 2.05) is 14.1 Å². The third kappa shape index (κ3) is 4.70. The van der Waals surface area contributed by atoms with Crippen molar-refractivity contribution in [1.29, 1.82) is 0 Å². The number of pyridine rings is 1. The fourth-order valence-electron chi connectivity index (χ4n) is 4.43. The predicted molar refractivity (Wildman–Crippen MR) is 121 cm³/mol. The summed E-state index contributed by atoms with van der Waals surface area (Å²) in [5, 5.41) is 4.53. The molecule has 4 rings (SSSR count). The van der Waals surface area contributed by atoms with E-state index < -0.39 is 11.7 Å². The first-order valence-corrected chi connectivity index (χ1v) is 10.9. The highest BCUT2D eigenvalue weighted by atomic mass is 35.5. The molecule has 0 saturated carbocycles. The van der Waals surface area contributed by atoms with Crippen molar-refractivity contribution in [2.75, 3.05) is 27.2 Å². The maximum absolute atomic E-state index is 13.4. The second-order valence-corrected chi connectivity index (χ2v) is 9.04. The quantitative estimate of drug-likeness (QED) is 0.552. The van der Waals surface area contributed by atoms with Gasteiger partial charge in [-0.15, -0.1) is 0 Å². The van der Waals surface area contributed by atoms with Crippen LogP contribution in [0.1, 0.15) is 40.8 Å². The van der Waals surface area contributed by atoms with E-state index in [1.54, 1.807) is 30.3 Å². The van der Waals surface area contributed by atoms with Gasteiger partial charge in [-0.3, -0.25) is 4.79 Å². The van der Waals surface area contributed by atoms with Crippen molar-refractivity contribution >= 4 is 22.5 Å². The highest BCUT2D eigenvalue weighted by molar-refractivity contribution is 6.31. The van der Waals surface area contributed by atoms with Gasteiger partial charge in [-0.25, -0.2) is 0 Å². The lowest BCUT2D eigenvalue weighted by Crippen LogP contribution is -2.37. The van der Waals surface area contributed by atoms with Gasteiger partial charge in [0.1, 0.15) is 0 Å². The Labute approximate surface area is 189 Å². The molecule has 2 atom stereocenters. The van der Waals surface area contributed by atoms with Crippen LogP contribution in [0.4, 0.5) is 13.2 Å². The number of nitrogens with one attached hydrogen (secondary N) is 2. The number of fused-ring (bicyclic) bond motifs is 2. The van der Waals surface area contributed by atoms with Crippen LogP contribution in [0.2, 0.25) is 5.02 Å². The van der Waals surface area contributed by atoms with E-state index in [2.05, 4.69) is 15.2 Å². The molecule has 2 N–H and O–H groups in total. The molecule has 170 valence electrons. The largest absolute Gasteiger partial charge is 0.416 e. The van der Waals surface area contributed by atoms with Gasteiger partial charge >= 0.3 is 6.18 Å². The standard InChI is InChI=1S/C24H25ClF3N3O/c1-31(2)10-9-29-20-11-15(14-3-5-16(6-4-14)24(26,27)28)12-21-22(20)23(32)18-13-17(25)7-8-19(18)30-21/h3-8,13,15,20,29H,9-12H2,1-2H3,(H,30,32). The summed E-state index contributed by atoms with van der Waals surface area (Å²) in [5.41, 5.74) is 2.35. The zero-order chi connectivity index (χ0) is 23.0. The van der Waals surface area contributed by atoms with E-state index in [1.165, 1.54) is 0 Å². The Bertz CT molecular complexity index is 1170. The zero-order valence-electron chi connectivity index (χ0n) is 17.9. The molecule has 0 fully saturated rings. The van der Waals surface area contributed by atoms with Crippen molar-refractivity contribution in [3.05, 3.63) is 80.1 Å². The molecule has 1 aliphatic carbocycles. The number of likely N-dealkylation sites (N-methyl/N-ethyl adjacent to an activating group) is 1. The number of hydrogen-bond donors (Lipinski definition) is 2. The van der Waals surface area contributed by atoms with E-state index in [4.69, 9.17) is 11.6 Å². The van der Waals surface area contributed by atoms with Crippen LogP contribution in [0.15, 0.2) is 47.3 Å². The van der Waals surface area contributed by atoms with Crippen molar-refractivity contribution in [2.24, 2.45) is 0 Å². The van der Waals surface area contributed by atoms with Gasteiger partial charge < -0.3 is 15.2 Å². The molecule has 1 aliphatic rings. The number of halogens is 4. The molecule has 0 aliphatic heterocycles. The number of benzene rings is 2. The predicted octanol–water partition coefficient (Wildman–Crippen LogP) is 5.12. The normalized spacial score (nSPS) is 18.8. The average molecular weight is 464 g/mol. The molecule has 2 unspecified atom stereocenters. The van der Waals surface area contributed by atoms with Crippen molar-refractivity contribution < 1.29 is 13.2 Å². The van der Waals surface area contributed by atoms with Crippen LogP contribution in [0.25, 0.3) is 10.9 Å². The fourth-order valence-corrected chi connectivity index (χ4v) is 4.61. The number of rotatable bonds is 5. The van der Waals surface area contributed by atoms with Crippen LogP contribution in [0.5, 0.6) is 0 Å². The lowest BCUT2D eigenvalue weighted by Gasteiger charge is -2.32. The summed E-state index contributed by atoms with van der Waals surface area (Å²) in [6, 6.07) is 10.3. The number of H-pyrrole nitrogens is 1. The number of aromatic nitrogens is 1. The highest BCUT2D eigenvalue weighted by Gasteiger charge is 2.33. The molecule has 1 aromatic heterocycles. The average Bonchev–Trinajstić information content (AvgIpc) is 2.73. The molecule has 4 nitrogen and oxygen atoms in total. The van der Waals surface area contributed by atoms with E-state index in [-0.39, 0.29) is 17.4 Å². The Morgan fingerprint density at radius 2 is 1.88 bits per heavy atom. The van der Waals surface area contributed by atoms with Crippen LogP contribution >= 0.6 is 11.6 Å². The number of nitrogens with zero attached hydrogens (tertiary/aromatic N) is 1. The third-order valence-electron chi connectivity index (χ3n) is 6.06. The van der Waals surface area contributed by atoms with Gasteiger partial charge in [0.15, 0.2) is 5.43 Å². The Morgan fingerprint density at radius 1 is 1.16 bits per heavy atom. The molecular weight excluding hydrogens is 439 g/mol. The summed E-state index contributed by atoms with van der Waals surface area (Å²) in [7, 11) is 3.95. The van der Waals surface area contributed by atoms with Crippen molar-refractivity contribution in [3.63, 3.8) is 0 Å². The van der Waals surface area contributed by atoms with Crippen LogP contribution in [-0.2, 0) is 12.6 Å². The van der Waals surface area contributed by atoms with Crippen molar-refractivity contribution in [2.45, 2.75) is 31.0 Å². The van der Waals surface area contributed by atoms with Crippen LogP contribution in [0, 0.1) is 0 Å². The van der Waals surface area contributed by atoms with Crippen LogP contribution in [-0.4, -0.2) is 37.1 Å². The Kier molecular flexibility index (Phi) is 6.34. The van der Waals surface area contributed by atoms with E-state index in [9.17, 15) is 18.0 Å². The lowest BCUT2D eigenvalue weighted by atomic mass is 9.79. The molecule has 0 bridgehead atoms. The Hall–Kier alpha value is -2.35. The first-order chi connectivity index (χ1) is 15.1. The topological polar surface area (TPSA) is 48.1 Å². The van der Waals surface area contributed by atoms with Gasteiger partial charge in [-0.2, -0.15) is 13.2 Å². The molecule has 0 radical (unpaired) electrons. The molecule has 0 amide bonds. The summed E-state index contributed by atoms with van der Waals surface area (Å²) >= 11 is 6.12. The highest BCUT2D eigenvalue weighted by Crippen LogP contribution is 2.38. The molecule has 32 heavy (non-hydrogen) atoms. The van der Waals surface area contributed by atoms with Gasteiger partial charge in [0, 0.05) is 46.3 Å².